The molecule has 4 nitrogen and oxygen atoms in total. The van der Waals surface area contributed by atoms with E-state index in [0.717, 1.165) is 0 Å². The van der Waals surface area contributed by atoms with Gasteiger partial charge in [0.05, 0.1) is 16.1 Å². The maximum Gasteiger partial charge on any atom is 0.204 e. The second-order valence-electron chi connectivity index (χ2n) is 3.16. The van der Waals surface area contributed by atoms with Crippen LogP contribution in [0.5, 0.6) is 0 Å². The van der Waals surface area contributed by atoms with Gasteiger partial charge in [0.1, 0.15) is 6.10 Å². The van der Waals surface area contributed by atoms with Crippen molar-refractivity contribution in [3.63, 3.8) is 0 Å². The van der Waals surface area contributed by atoms with E-state index in [1.54, 1.807) is 25.1 Å². The minimum atomic E-state index is -0.758. The van der Waals surface area contributed by atoms with E-state index in [1.807, 2.05) is 13.8 Å². The van der Waals surface area contributed by atoms with Gasteiger partial charge in [0.15, 0.2) is 0 Å². The van der Waals surface area contributed by atoms with Crippen LogP contribution in [0.1, 0.15) is 32.4 Å². The normalized spacial score (nSPS) is 12.2. The lowest BCUT2D eigenvalue weighted by Gasteiger charge is -2.19. The number of aliphatic hydroxyl groups is 1. The highest BCUT2D eigenvalue weighted by atomic mass is 35.5. The number of benzene rings is 1. The number of methoxy groups -OCH3 is 1. The highest BCUT2D eigenvalue weighted by Gasteiger charge is 2.19. The molecule has 0 saturated carbocycles. The van der Waals surface area contributed by atoms with Crippen LogP contribution >= 0.6 is 23.2 Å². The average molecular weight is 310 g/mol. The van der Waals surface area contributed by atoms with Gasteiger partial charge >= 0.3 is 0 Å². The summed E-state index contributed by atoms with van der Waals surface area (Å²) in [6.07, 6.45) is -0.822. The van der Waals surface area contributed by atoms with E-state index in [9.17, 15) is 5.11 Å². The number of amides is 1. The first-order valence-electron chi connectivity index (χ1n) is 5.79. The molecule has 19 heavy (non-hydrogen) atoms. The number of hydrogen-bond acceptors (Lipinski definition) is 3. The Morgan fingerprint density at radius 2 is 1.84 bits per heavy atom. The summed E-state index contributed by atoms with van der Waals surface area (Å²) >= 11 is 11.8. The van der Waals surface area contributed by atoms with Crippen molar-refractivity contribution in [2.45, 2.75) is 33.0 Å². The lowest BCUT2D eigenvalue weighted by Crippen LogP contribution is -2.17. The molecule has 0 bridgehead atoms. The van der Waals surface area contributed by atoms with Crippen molar-refractivity contribution < 1.29 is 14.6 Å². The Labute approximate surface area is 124 Å². The Bertz CT molecular complexity index is 362. The third kappa shape index (κ3) is 7.38. The van der Waals surface area contributed by atoms with Crippen molar-refractivity contribution in [1.29, 1.82) is 0 Å². The van der Waals surface area contributed by atoms with Gasteiger partial charge in [0.2, 0.25) is 6.41 Å². The number of carbonyl (C=O) groups excluding carboxylic acids is 1. The molecule has 0 saturated heterocycles. The molecule has 1 amide bonds. The van der Waals surface area contributed by atoms with Gasteiger partial charge in [-0.2, -0.15) is 0 Å². The summed E-state index contributed by atoms with van der Waals surface area (Å²) in [5.74, 6) is 0. The molecule has 0 fully saturated rings. The molecule has 2 unspecified atom stereocenters. The van der Waals surface area contributed by atoms with Gasteiger partial charge in [-0.05, 0) is 13.0 Å². The number of halogens is 2. The smallest absolute Gasteiger partial charge is 0.204 e. The van der Waals surface area contributed by atoms with Crippen LogP contribution in [0.4, 0.5) is 0 Å². The quantitative estimate of drug-likeness (QED) is 0.842. The van der Waals surface area contributed by atoms with Crippen molar-refractivity contribution in [1.82, 2.24) is 0 Å². The van der Waals surface area contributed by atoms with E-state index >= 15 is 0 Å². The minimum Gasteiger partial charge on any atom is -0.386 e. The summed E-state index contributed by atoms with van der Waals surface area (Å²) in [6, 6.07) is 5.15. The van der Waals surface area contributed by atoms with E-state index in [-0.39, 0.29) is 12.5 Å². The van der Waals surface area contributed by atoms with E-state index in [2.05, 4.69) is 5.73 Å². The van der Waals surface area contributed by atoms with Gasteiger partial charge < -0.3 is 15.6 Å². The molecule has 110 valence electrons. The standard InChI is InChI=1S/C10H12Cl2O2.C2H6.CH3NO/c1-6(14-2)10(13)7-4-3-5-8(11)9(7)12;1-2;2-1-3/h3-6,10,13H,1-2H3;1-2H3;1H,(H2,2,3). The Balaban J connectivity index is 0. The zero-order valence-corrected chi connectivity index (χ0v) is 13.1. The second-order valence-corrected chi connectivity index (χ2v) is 3.95. The fraction of sp³-hybridized carbons (Fsp3) is 0.462. The topological polar surface area (TPSA) is 72.6 Å². The Morgan fingerprint density at radius 1 is 1.37 bits per heavy atom. The summed E-state index contributed by atoms with van der Waals surface area (Å²) in [5.41, 5.74) is 4.76. The van der Waals surface area contributed by atoms with Crippen molar-refractivity contribution in [2.24, 2.45) is 5.73 Å². The molecular formula is C13H21Cl2NO3. The number of hydrogen-bond donors (Lipinski definition) is 2. The van der Waals surface area contributed by atoms with Crippen molar-refractivity contribution >= 4 is 29.6 Å². The third-order valence-corrected chi connectivity index (χ3v) is 2.95. The van der Waals surface area contributed by atoms with Crippen LogP contribution in [0.3, 0.4) is 0 Å². The lowest BCUT2D eigenvalue weighted by atomic mass is 10.1. The monoisotopic (exact) mass is 309 g/mol. The van der Waals surface area contributed by atoms with Crippen molar-refractivity contribution in [3.8, 4) is 0 Å². The molecule has 6 heteroatoms. The Hall–Kier alpha value is -0.810. The molecule has 0 aromatic heterocycles. The maximum absolute atomic E-state index is 9.83. The summed E-state index contributed by atoms with van der Waals surface area (Å²) in [7, 11) is 1.53. The van der Waals surface area contributed by atoms with Gasteiger partial charge in [-0.15, -0.1) is 0 Å². The highest BCUT2D eigenvalue weighted by Crippen LogP contribution is 2.31. The first-order valence-corrected chi connectivity index (χ1v) is 6.55. The molecule has 0 radical (unpaired) electrons. The van der Waals surface area contributed by atoms with Crippen molar-refractivity contribution in [3.05, 3.63) is 33.8 Å². The molecule has 0 spiro atoms. The number of aliphatic hydroxyl groups excluding tert-OH is 1. The van der Waals surface area contributed by atoms with Gasteiger partial charge in [0.25, 0.3) is 0 Å². The van der Waals surface area contributed by atoms with Crippen LogP contribution in [0, 0.1) is 0 Å². The minimum absolute atomic E-state index is 0.250. The zero-order valence-electron chi connectivity index (χ0n) is 11.6. The van der Waals surface area contributed by atoms with Crippen LogP contribution in [0.15, 0.2) is 18.2 Å². The molecule has 0 aliphatic rings. The maximum atomic E-state index is 9.83. The molecule has 2 atom stereocenters. The molecule has 0 aliphatic heterocycles. The fourth-order valence-electron chi connectivity index (χ4n) is 1.13. The van der Waals surface area contributed by atoms with E-state index in [4.69, 9.17) is 32.7 Å². The molecular weight excluding hydrogens is 289 g/mol. The average Bonchev–Trinajstić information content (AvgIpc) is 2.43. The molecule has 1 aromatic rings. The van der Waals surface area contributed by atoms with E-state index < -0.39 is 6.10 Å². The summed E-state index contributed by atoms with van der Waals surface area (Å²) in [5, 5.41) is 10.6. The van der Waals surface area contributed by atoms with Crippen LogP contribution in [0.2, 0.25) is 10.0 Å². The number of carbonyl (C=O) groups is 1. The molecule has 3 N–H and O–H groups in total. The molecule has 1 aromatic carbocycles. The van der Waals surface area contributed by atoms with Gasteiger partial charge in [0, 0.05) is 12.7 Å². The van der Waals surface area contributed by atoms with Crippen LogP contribution < -0.4 is 5.73 Å². The molecule has 1 rings (SSSR count). The van der Waals surface area contributed by atoms with Crippen LogP contribution in [0.25, 0.3) is 0 Å². The molecule has 0 heterocycles. The first kappa shape index (κ1) is 20.5. The van der Waals surface area contributed by atoms with Gasteiger partial charge in [-0.25, -0.2) is 0 Å². The van der Waals surface area contributed by atoms with Crippen molar-refractivity contribution in [2.75, 3.05) is 7.11 Å². The number of primary amides is 1. The fourth-order valence-corrected chi connectivity index (χ4v) is 1.55. The van der Waals surface area contributed by atoms with Crippen LogP contribution in [-0.4, -0.2) is 24.7 Å². The number of nitrogens with two attached hydrogens (primary N) is 1. The lowest BCUT2D eigenvalue weighted by molar-refractivity contribution is -0.106. The highest BCUT2D eigenvalue weighted by molar-refractivity contribution is 6.42. The summed E-state index contributed by atoms with van der Waals surface area (Å²) in [6.45, 7) is 5.77. The van der Waals surface area contributed by atoms with E-state index in [0.29, 0.717) is 15.6 Å². The second kappa shape index (κ2) is 12.2. The Kier molecular flexibility index (Phi) is 13.2. The summed E-state index contributed by atoms with van der Waals surface area (Å²) < 4.78 is 5.01. The van der Waals surface area contributed by atoms with Crippen LogP contribution in [-0.2, 0) is 9.53 Å². The number of rotatable bonds is 3. The van der Waals surface area contributed by atoms with E-state index in [1.165, 1.54) is 7.11 Å². The SMILES string of the molecule is CC.COC(C)C(O)c1cccc(Cl)c1Cl.NC=O. The Morgan fingerprint density at radius 3 is 2.26 bits per heavy atom. The van der Waals surface area contributed by atoms with Gasteiger partial charge in [-0.1, -0.05) is 49.2 Å². The zero-order chi connectivity index (χ0) is 15.4. The predicted molar refractivity (Wildman–Crippen MR) is 79.5 cm³/mol. The summed E-state index contributed by atoms with van der Waals surface area (Å²) in [4.78, 5) is 8.58. The first-order chi connectivity index (χ1) is 8.99. The van der Waals surface area contributed by atoms with Gasteiger partial charge in [-0.3, -0.25) is 4.79 Å². The molecule has 0 aliphatic carbocycles. The predicted octanol–water partition coefficient (Wildman–Crippen LogP) is 3.19. The third-order valence-electron chi connectivity index (χ3n) is 2.12. The largest absolute Gasteiger partial charge is 0.386 e. The number of ether oxygens (including phenoxy) is 1.